The Balaban J connectivity index is 2.08. The number of carbonyl (C=O) groups excluding carboxylic acids is 1. The number of nitrogens with zero attached hydrogens (tertiary/aromatic N) is 2. The Labute approximate surface area is 124 Å². The van der Waals surface area contributed by atoms with Crippen molar-refractivity contribution in [3.8, 4) is 0 Å². The van der Waals surface area contributed by atoms with E-state index in [1.54, 1.807) is 28.6 Å². The first-order valence-corrected chi connectivity index (χ1v) is 8.38. The lowest BCUT2D eigenvalue weighted by Gasteiger charge is -2.32. The highest BCUT2D eigenvalue weighted by atomic mass is 32.2. The topological polar surface area (TPSA) is 60.9 Å². The maximum Gasteiger partial charge on any atom is 0.327 e. The molecule has 3 atom stereocenters. The van der Waals surface area contributed by atoms with Crippen LogP contribution >= 0.6 is 11.8 Å². The van der Waals surface area contributed by atoms with Crippen LogP contribution < -0.4 is 0 Å². The van der Waals surface area contributed by atoms with Gasteiger partial charge in [-0.25, -0.2) is 9.59 Å². The summed E-state index contributed by atoms with van der Waals surface area (Å²) < 4.78 is 0. The normalized spacial score (nSPS) is 27.4. The van der Waals surface area contributed by atoms with Crippen molar-refractivity contribution < 1.29 is 14.7 Å². The van der Waals surface area contributed by atoms with Crippen molar-refractivity contribution in [2.75, 3.05) is 19.3 Å². The van der Waals surface area contributed by atoms with E-state index in [1.807, 2.05) is 0 Å². The molecule has 0 bridgehead atoms. The molecule has 5 nitrogen and oxygen atoms in total. The number of thioether (sulfide) groups is 1. The molecule has 6 heteroatoms. The predicted octanol–water partition coefficient (Wildman–Crippen LogP) is 2.32. The van der Waals surface area contributed by atoms with Gasteiger partial charge in [-0.3, -0.25) is 4.90 Å². The zero-order valence-corrected chi connectivity index (χ0v) is 13.2. The smallest absolute Gasteiger partial charge is 0.327 e. The Hall–Kier alpha value is -0.910. The van der Waals surface area contributed by atoms with Gasteiger partial charge in [0.2, 0.25) is 0 Å². The van der Waals surface area contributed by atoms with Crippen LogP contribution in [0.15, 0.2) is 0 Å². The summed E-state index contributed by atoms with van der Waals surface area (Å²) in [5, 5.41) is 9.39. The first-order chi connectivity index (χ1) is 9.45. The largest absolute Gasteiger partial charge is 0.480 e. The van der Waals surface area contributed by atoms with Crippen molar-refractivity contribution in [3.05, 3.63) is 0 Å². The molecule has 2 amide bonds. The Morgan fingerprint density at radius 2 is 2.10 bits per heavy atom. The molecule has 114 valence electrons. The lowest BCUT2D eigenvalue weighted by molar-refractivity contribution is -0.141. The molecule has 0 aromatic rings. The van der Waals surface area contributed by atoms with Gasteiger partial charge in [0, 0.05) is 19.3 Å². The molecule has 1 aliphatic heterocycles. The van der Waals surface area contributed by atoms with Crippen molar-refractivity contribution in [1.29, 1.82) is 0 Å². The molecule has 0 radical (unpaired) electrons. The van der Waals surface area contributed by atoms with E-state index in [9.17, 15) is 14.7 Å². The standard InChI is InChI=1S/C14H24N2O3S/c1-4-9(2)7-15(3)14(19)16-11(13(17)18)8-20-12(16)10-5-6-10/h9-12H,4-8H2,1-3H3,(H,17,18). The molecule has 2 rings (SSSR count). The Bertz CT molecular complexity index is 387. The fourth-order valence-electron chi connectivity index (χ4n) is 2.58. The minimum absolute atomic E-state index is 0.0583. The lowest BCUT2D eigenvalue weighted by atomic mass is 10.1. The fraction of sp³-hybridized carbons (Fsp3) is 0.857. The van der Waals surface area contributed by atoms with Gasteiger partial charge >= 0.3 is 12.0 Å². The van der Waals surface area contributed by atoms with Gasteiger partial charge < -0.3 is 10.0 Å². The summed E-state index contributed by atoms with van der Waals surface area (Å²) in [7, 11) is 1.78. The predicted molar refractivity (Wildman–Crippen MR) is 79.7 cm³/mol. The number of hydrogen-bond donors (Lipinski definition) is 1. The third-order valence-corrected chi connectivity index (χ3v) is 5.64. The van der Waals surface area contributed by atoms with Crippen LogP contribution in [-0.2, 0) is 4.79 Å². The number of carbonyl (C=O) groups is 2. The number of carboxylic acids is 1. The van der Waals surface area contributed by atoms with Crippen molar-refractivity contribution in [1.82, 2.24) is 9.80 Å². The summed E-state index contributed by atoms with van der Waals surface area (Å²) in [4.78, 5) is 27.3. The van der Waals surface area contributed by atoms with E-state index in [4.69, 9.17) is 0 Å². The molecule has 0 spiro atoms. The zero-order chi connectivity index (χ0) is 14.9. The third kappa shape index (κ3) is 3.22. The quantitative estimate of drug-likeness (QED) is 0.846. The Morgan fingerprint density at radius 3 is 2.60 bits per heavy atom. The SMILES string of the molecule is CCC(C)CN(C)C(=O)N1C(C(=O)O)CSC1C1CC1. The molecule has 1 N–H and O–H groups in total. The second-order valence-corrected chi connectivity index (χ2v) is 7.15. The first-order valence-electron chi connectivity index (χ1n) is 7.33. The second kappa shape index (κ2) is 6.24. The van der Waals surface area contributed by atoms with E-state index in [0.29, 0.717) is 24.1 Å². The lowest BCUT2D eigenvalue weighted by Crippen LogP contribution is -2.51. The van der Waals surface area contributed by atoms with Crippen molar-refractivity contribution in [3.63, 3.8) is 0 Å². The Morgan fingerprint density at radius 1 is 1.45 bits per heavy atom. The van der Waals surface area contributed by atoms with Crippen molar-refractivity contribution >= 4 is 23.8 Å². The first kappa shape index (κ1) is 15.5. The van der Waals surface area contributed by atoms with Gasteiger partial charge in [0.15, 0.2) is 0 Å². The number of urea groups is 1. The summed E-state index contributed by atoms with van der Waals surface area (Å²) >= 11 is 1.63. The molecule has 2 fully saturated rings. The maximum atomic E-state index is 12.6. The molecule has 3 unspecified atom stereocenters. The van der Waals surface area contributed by atoms with Gasteiger partial charge in [-0.1, -0.05) is 20.3 Å². The van der Waals surface area contributed by atoms with Crippen LogP contribution in [-0.4, -0.2) is 57.7 Å². The van der Waals surface area contributed by atoms with E-state index in [2.05, 4.69) is 13.8 Å². The zero-order valence-electron chi connectivity index (χ0n) is 12.4. The van der Waals surface area contributed by atoms with E-state index in [0.717, 1.165) is 19.3 Å². The van der Waals surface area contributed by atoms with Crippen LogP contribution in [0, 0.1) is 11.8 Å². The van der Waals surface area contributed by atoms with E-state index in [1.165, 1.54) is 0 Å². The average Bonchev–Trinajstić information content (AvgIpc) is 3.15. The second-order valence-electron chi connectivity index (χ2n) is 6.00. The van der Waals surface area contributed by atoms with Gasteiger partial charge in [-0.2, -0.15) is 0 Å². The Kier molecular flexibility index (Phi) is 4.83. The van der Waals surface area contributed by atoms with Gasteiger partial charge in [0.1, 0.15) is 6.04 Å². The highest BCUT2D eigenvalue weighted by molar-refractivity contribution is 8.00. The molecule has 0 aromatic heterocycles. The molecule has 2 aliphatic rings. The minimum Gasteiger partial charge on any atom is -0.480 e. The number of amides is 2. The summed E-state index contributed by atoms with van der Waals surface area (Å²) in [5.41, 5.74) is 0. The van der Waals surface area contributed by atoms with Crippen LogP contribution in [0.5, 0.6) is 0 Å². The molecular formula is C14H24N2O3S. The fourth-order valence-corrected chi connectivity index (χ4v) is 4.20. The van der Waals surface area contributed by atoms with Crippen LogP contribution in [0.3, 0.4) is 0 Å². The van der Waals surface area contributed by atoms with E-state index < -0.39 is 12.0 Å². The number of carboxylic acid groups (broad SMARTS) is 1. The number of hydrogen-bond acceptors (Lipinski definition) is 3. The van der Waals surface area contributed by atoms with Crippen LogP contribution in [0.25, 0.3) is 0 Å². The van der Waals surface area contributed by atoms with Crippen LogP contribution in [0.4, 0.5) is 4.79 Å². The minimum atomic E-state index is -0.883. The van der Waals surface area contributed by atoms with Crippen LogP contribution in [0.1, 0.15) is 33.1 Å². The molecule has 1 saturated heterocycles. The number of aliphatic carboxylic acids is 1. The van der Waals surface area contributed by atoms with Gasteiger partial charge in [0.05, 0.1) is 5.37 Å². The summed E-state index contributed by atoms with van der Waals surface area (Å²) in [6, 6.07) is -0.794. The molecule has 1 saturated carbocycles. The maximum absolute atomic E-state index is 12.6. The van der Waals surface area contributed by atoms with Gasteiger partial charge in [-0.15, -0.1) is 11.8 Å². The molecule has 20 heavy (non-hydrogen) atoms. The van der Waals surface area contributed by atoms with Gasteiger partial charge in [0.25, 0.3) is 0 Å². The van der Waals surface area contributed by atoms with Crippen molar-refractivity contribution in [2.45, 2.75) is 44.5 Å². The van der Waals surface area contributed by atoms with E-state index >= 15 is 0 Å². The monoisotopic (exact) mass is 300 g/mol. The summed E-state index contributed by atoms with van der Waals surface area (Å²) in [5.74, 6) is 0.553. The molecule has 1 aliphatic carbocycles. The van der Waals surface area contributed by atoms with E-state index in [-0.39, 0.29) is 11.4 Å². The highest BCUT2D eigenvalue weighted by Crippen LogP contribution is 2.45. The number of rotatable bonds is 5. The van der Waals surface area contributed by atoms with Crippen molar-refractivity contribution in [2.24, 2.45) is 11.8 Å². The average molecular weight is 300 g/mol. The highest BCUT2D eigenvalue weighted by Gasteiger charge is 2.48. The molecule has 1 heterocycles. The van der Waals surface area contributed by atoms with Gasteiger partial charge in [-0.05, 0) is 24.7 Å². The van der Waals surface area contributed by atoms with Crippen LogP contribution in [0.2, 0.25) is 0 Å². The third-order valence-electron chi connectivity index (χ3n) is 4.18. The molecule has 0 aromatic carbocycles. The summed E-state index contributed by atoms with van der Waals surface area (Å²) in [6.07, 6.45) is 3.24. The molecular weight excluding hydrogens is 276 g/mol. The summed E-state index contributed by atoms with van der Waals surface area (Å²) in [6.45, 7) is 4.89.